The molecule has 0 saturated carbocycles. The summed E-state index contributed by atoms with van der Waals surface area (Å²) in [5.74, 6) is -0.365. The van der Waals surface area contributed by atoms with Crippen LogP contribution in [0.2, 0.25) is 0 Å². The van der Waals surface area contributed by atoms with Gasteiger partial charge in [0.05, 0.1) is 5.69 Å². The van der Waals surface area contributed by atoms with E-state index in [1.807, 2.05) is 35.8 Å². The highest BCUT2D eigenvalue weighted by molar-refractivity contribution is 5.81. The predicted molar refractivity (Wildman–Crippen MR) is 119 cm³/mol. The number of benzene rings is 1. The molecule has 2 bridgehead atoms. The fourth-order valence-electron chi connectivity index (χ4n) is 4.84. The van der Waals surface area contributed by atoms with Gasteiger partial charge in [0.2, 0.25) is 0 Å². The summed E-state index contributed by atoms with van der Waals surface area (Å²) >= 11 is 0. The van der Waals surface area contributed by atoms with Gasteiger partial charge in [0.1, 0.15) is 17.2 Å². The van der Waals surface area contributed by atoms with E-state index in [1.54, 1.807) is 12.3 Å². The number of pyridine rings is 2. The number of nitrogens with one attached hydrogen (secondary N) is 1. The van der Waals surface area contributed by atoms with Crippen LogP contribution in [0.5, 0.6) is 0 Å². The lowest BCUT2D eigenvalue weighted by atomic mass is 9.93. The van der Waals surface area contributed by atoms with Gasteiger partial charge in [-0.1, -0.05) is 0 Å². The number of piperidine rings is 2. The molecule has 3 fully saturated rings. The van der Waals surface area contributed by atoms with Gasteiger partial charge < -0.3 is 10.2 Å². The average molecular weight is 432 g/mol. The lowest BCUT2D eigenvalue weighted by molar-refractivity contribution is 0.289. The van der Waals surface area contributed by atoms with Crippen LogP contribution in [0, 0.1) is 18.6 Å². The van der Waals surface area contributed by atoms with Crippen LogP contribution in [0.25, 0.3) is 28.2 Å². The Bertz CT molecular complexity index is 1330. The maximum absolute atomic E-state index is 14.1. The van der Waals surface area contributed by atoms with Gasteiger partial charge in [0.15, 0.2) is 17.3 Å². The zero-order chi connectivity index (χ0) is 21.8. The Morgan fingerprint density at radius 3 is 2.62 bits per heavy atom. The van der Waals surface area contributed by atoms with Gasteiger partial charge in [-0.15, -0.1) is 0 Å². The molecule has 3 aliphatic rings. The number of hydrogen-bond acceptors (Lipinski definition) is 5. The Kier molecular flexibility index (Phi) is 4.43. The van der Waals surface area contributed by atoms with Crippen molar-refractivity contribution < 1.29 is 8.78 Å². The lowest BCUT2D eigenvalue weighted by Gasteiger charge is -2.46. The Morgan fingerprint density at radius 1 is 1.00 bits per heavy atom. The first-order chi connectivity index (χ1) is 15.6. The van der Waals surface area contributed by atoms with Crippen molar-refractivity contribution in [2.75, 3.05) is 18.0 Å². The first-order valence-corrected chi connectivity index (χ1v) is 10.8. The number of anilines is 1. The van der Waals surface area contributed by atoms with Crippen molar-refractivity contribution >= 4 is 17.0 Å². The van der Waals surface area contributed by atoms with Crippen LogP contribution in [0.15, 0.2) is 48.7 Å². The zero-order valence-corrected chi connectivity index (χ0v) is 17.6. The van der Waals surface area contributed by atoms with E-state index in [9.17, 15) is 8.78 Å². The van der Waals surface area contributed by atoms with Gasteiger partial charge in [-0.05, 0) is 62.2 Å². The standard InChI is InChI=1S/C24H22F2N6/c1-14-10-17(8-9-27-14)32-23(15-2-5-19(25)20(26)11-15)29-21-6-7-22(30-24(21)32)31-13-16-3-4-18(31)12-28-16/h2,5-11,16,18,28H,3-4,12-13H2,1H3/t16-,18-/m1/s1. The number of nitrogens with zero attached hydrogens (tertiary/aromatic N) is 5. The van der Waals surface area contributed by atoms with Gasteiger partial charge >= 0.3 is 0 Å². The number of halogens is 2. The van der Waals surface area contributed by atoms with Gasteiger partial charge in [-0.3, -0.25) is 9.55 Å². The van der Waals surface area contributed by atoms with E-state index >= 15 is 0 Å². The zero-order valence-electron chi connectivity index (χ0n) is 17.6. The average Bonchev–Trinajstić information content (AvgIpc) is 3.20. The molecule has 4 aromatic rings. The number of hydrogen-bond donors (Lipinski definition) is 1. The summed E-state index contributed by atoms with van der Waals surface area (Å²) in [6.45, 7) is 3.81. The Morgan fingerprint density at radius 2 is 1.91 bits per heavy atom. The molecule has 32 heavy (non-hydrogen) atoms. The van der Waals surface area contributed by atoms with Gasteiger partial charge in [-0.25, -0.2) is 18.7 Å². The summed E-state index contributed by atoms with van der Waals surface area (Å²) in [5.41, 5.74) is 3.53. The molecule has 1 aromatic carbocycles. The molecule has 0 spiro atoms. The van der Waals surface area contributed by atoms with E-state index < -0.39 is 11.6 Å². The SMILES string of the molecule is Cc1cc(-n2c(-c3ccc(F)c(F)c3)nc3ccc(N4C[C@H]5CC[C@@H]4CN5)nc32)ccn1. The highest BCUT2D eigenvalue weighted by Gasteiger charge is 2.34. The third-order valence-corrected chi connectivity index (χ3v) is 6.45. The minimum atomic E-state index is -0.905. The summed E-state index contributed by atoms with van der Waals surface area (Å²) in [6.07, 6.45) is 4.07. The third kappa shape index (κ3) is 3.14. The van der Waals surface area contributed by atoms with Crippen LogP contribution in [-0.2, 0) is 0 Å². The molecular weight excluding hydrogens is 410 g/mol. The second kappa shape index (κ2) is 7.34. The Hall–Kier alpha value is -3.39. The molecule has 8 heteroatoms. The van der Waals surface area contributed by atoms with Crippen LogP contribution >= 0.6 is 0 Å². The van der Waals surface area contributed by atoms with Crippen molar-refractivity contribution in [2.45, 2.75) is 31.8 Å². The van der Waals surface area contributed by atoms with Crippen molar-refractivity contribution in [2.24, 2.45) is 0 Å². The van der Waals surface area contributed by atoms with Crippen LogP contribution < -0.4 is 10.2 Å². The monoisotopic (exact) mass is 432 g/mol. The van der Waals surface area contributed by atoms with E-state index in [4.69, 9.17) is 9.97 Å². The largest absolute Gasteiger partial charge is 0.351 e. The maximum atomic E-state index is 14.1. The summed E-state index contributed by atoms with van der Waals surface area (Å²) in [6, 6.07) is 12.5. The molecule has 3 saturated heterocycles. The van der Waals surface area contributed by atoms with Crippen molar-refractivity contribution in [1.82, 2.24) is 24.8 Å². The minimum Gasteiger partial charge on any atom is -0.351 e. The number of aryl methyl sites for hydroxylation is 1. The topological polar surface area (TPSA) is 58.9 Å². The van der Waals surface area contributed by atoms with Crippen molar-refractivity contribution in [3.8, 4) is 17.1 Å². The molecule has 2 atom stereocenters. The molecule has 3 aliphatic heterocycles. The highest BCUT2D eigenvalue weighted by atomic mass is 19.2. The highest BCUT2D eigenvalue weighted by Crippen LogP contribution is 2.32. The Balaban J connectivity index is 1.56. The number of imidazole rings is 1. The second-order valence-corrected chi connectivity index (χ2v) is 8.56. The molecular formula is C24H22F2N6. The molecule has 1 N–H and O–H groups in total. The van der Waals surface area contributed by atoms with Gasteiger partial charge in [0, 0.05) is 42.6 Å². The van der Waals surface area contributed by atoms with E-state index in [1.165, 1.54) is 12.5 Å². The first-order valence-electron chi connectivity index (χ1n) is 10.8. The normalized spacial score (nSPS) is 20.3. The van der Waals surface area contributed by atoms with Crippen molar-refractivity contribution in [3.63, 3.8) is 0 Å². The van der Waals surface area contributed by atoms with E-state index in [0.29, 0.717) is 34.6 Å². The summed E-state index contributed by atoms with van der Waals surface area (Å²) in [4.78, 5) is 16.4. The van der Waals surface area contributed by atoms with E-state index in [2.05, 4.69) is 15.2 Å². The third-order valence-electron chi connectivity index (χ3n) is 6.45. The maximum Gasteiger partial charge on any atom is 0.167 e. The molecule has 3 aromatic heterocycles. The Labute approximate surface area is 183 Å². The van der Waals surface area contributed by atoms with Crippen LogP contribution in [0.1, 0.15) is 18.5 Å². The molecule has 0 aliphatic carbocycles. The van der Waals surface area contributed by atoms with Gasteiger partial charge in [-0.2, -0.15) is 0 Å². The smallest absolute Gasteiger partial charge is 0.167 e. The van der Waals surface area contributed by atoms with Gasteiger partial charge in [0.25, 0.3) is 0 Å². The fourth-order valence-corrected chi connectivity index (χ4v) is 4.84. The minimum absolute atomic E-state index is 0.426. The first kappa shape index (κ1) is 19.3. The predicted octanol–water partition coefficient (Wildman–Crippen LogP) is 4.01. The molecule has 6 heterocycles. The van der Waals surface area contributed by atoms with Crippen LogP contribution in [0.3, 0.4) is 0 Å². The molecule has 6 nitrogen and oxygen atoms in total. The molecule has 0 radical (unpaired) electrons. The number of aromatic nitrogens is 4. The molecule has 162 valence electrons. The van der Waals surface area contributed by atoms with Crippen molar-refractivity contribution in [3.05, 3.63) is 66.0 Å². The molecule has 0 unspecified atom stereocenters. The molecule has 7 rings (SSSR count). The molecule has 0 amide bonds. The van der Waals surface area contributed by atoms with Crippen LogP contribution in [-0.4, -0.2) is 44.7 Å². The quantitative estimate of drug-likeness (QED) is 0.530. The lowest BCUT2D eigenvalue weighted by Crippen LogP contribution is -2.61. The van der Waals surface area contributed by atoms with Crippen molar-refractivity contribution in [1.29, 1.82) is 0 Å². The number of rotatable bonds is 3. The summed E-state index contributed by atoms with van der Waals surface area (Å²) in [5, 5.41) is 3.57. The van der Waals surface area contributed by atoms with E-state index in [0.717, 1.165) is 42.8 Å². The summed E-state index contributed by atoms with van der Waals surface area (Å²) < 4.78 is 29.6. The second-order valence-electron chi connectivity index (χ2n) is 8.56. The number of fused-ring (bicyclic) bond motifs is 4. The summed E-state index contributed by atoms with van der Waals surface area (Å²) in [7, 11) is 0. The van der Waals surface area contributed by atoms with Crippen LogP contribution in [0.4, 0.5) is 14.6 Å². The fraction of sp³-hybridized carbons (Fsp3) is 0.292. The van der Waals surface area contributed by atoms with E-state index in [-0.39, 0.29) is 0 Å². The number of piperazine rings is 1.